The Balaban J connectivity index is 1.31. The van der Waals surface area contributed by atoms with Crippen LogP contribution in [0.15, 0.2) is 0 Å². The molecule has 11 nitrogen and oxygen atoms in total. The molecule has 1 saturated heterocycles. The van der Waals surface area contributed by atoms with E-state index in [1.54, 1.807) is 0 Å². The molecule has 0 aromatic carbocycles. The lowest BCUT2D eigenvalue weighted by molar-refractivity contribution is -0.309. The van der Waals surface area contributed by atoms with E-state index in [4.69, 9.17) is 9.47 Å². The quantitative estimate of drug-likeness (QED) is 0.223. The number of aliphatic hydroxyl groups excluding tert-OH is 5. The van der Waals surface area contributed by atoms with Gasteiger partial charge in [-0.25, -0.2) is 4.79 Å². The van der Waals surface area contributed by atoms with Gasteiger partial charge in [0.2, 0.25) is 0 Å². The smallest absolute Gasteiger partial charge is 0.335 e. The number of hydrogen-bond acceptors (Lipinski definition) is 10. The van der Waals surface area contributed by atoms with Gasteiger partial charge in [-0.3, -0.25) is 4.79 Å². The highest BCUT2D eigenvalue weighted by molar-refractivity contribution is 5.84. The Morgan fingerprint density at radius 2 is 1.79 bits per heavy atom. The van der Waals surface area contributed by atoms with Crippen molar-refractivity contribution in [3.05, 3.63) is 0 Å². The Bertz CT molecular complexity index is 944. The third kappa shape index (κ3) is 4.00. The molecule has 5 aliphatic rings. The Morgan fingerprint density at radius 1 is 1.08 bits per heavy atom. The van der Waals surface area contributed by atoms with Crippen molar-refractivity contribution in [2.24, 2.45) is 34.5 Å². The molecular weight excluding hydrogens is 500 g/mol. The lowest BCUT2D eigenvalue weighted by Gasteiger charge is -2.61. The van der Waals surface area contributed by atoms with Crippen molar-refractivity contribution in [1.82, 2.24) is 0 Å². The van der Waals surface area contributed by atoms with E-state index >= 15 is 0 Å². The second kappa shape index (κ2) is 9.73. The standard InChI is InChI=1S/C27H42O11/c1-25-7-5-13(37-24-21(33)19(31)20(32)22(38-24)23(34)35)9-12(25)3-4-14-15-6-8-27(36,17(30)11-28)26(15,2)10-16(29)18(14)25/h12-15,17-22,24,28,30-33,36H,3-11H2,1-2H3,(H,34,35)/t12-,13-,14+,15+,17-,18-,19+,20+,21-,22+,24-,25+,26+,27+/m1/s1. The predicted molar refractivity (Wildman–Crippen MR) is 129 cm³/mol. The SMILES string of the molecule is C[C@]12CC[C@@H](O[C@@H]3O[C@H](C(=O)O)[C@@H](O)[C@H](O)[C@H]3O)C[C@H]1CC[C@@H]1[C@@H]2C(=O)C[C@@]2(C)[C@H]1CC[C@]2(O)[C@H](O)CO. The lowest BCUT2D eigenvalue weighted by atomic mass is 9.44. The first kappa shape index (κ1) is 28.4. The van der Waals surface area contributed by atoms with Gasteiger partial charge in [0.15, 0.2) is 12.4 Å². The Kier molecular flexibility index (Phi) is 7.26. The number of Topliss-reactive ketones (excluding diaryl/α,β-unsaturated/α-hetero) is 1. The monoisotopic (exact) mass is 542 g/mol. The molecule has 11 heteroatoms. The molecule has 5 fully saturated rings. The maximum absolute atomic E-state index is 13.8. The molecular formula is C27H42O11. The molecule has 1 aliphatic heterocycles. The first-order valence-electron chi connectivity index (χ1n) is 13.9. The number of carbonyl (C=O) groups is 2. The number of carboxylic acids is 1. The van der Waals surface area contributed by atoms with Gasteiger partial charge in [-0.15, -0.1) is 0 Å². The summed E-state index contributed by atoms with van der Waals surface area (Å²) in [6.07, 6.45) is -5.21. The summed E-state index contributed by atoms with van der Waals surface area (Å²) in [7, 11) is 0. The predicted octanol–water partition coefficient (Wildman–Crippen LogP) is -0.430. The first-order valence-corrected chi connectivity index (χ1v) is 13.9. The van der Waals surface area contributed by atoms with Crippen LogP contribution >= 0.6 is 0 Å². The van der Waals surface area contributed by atoms with Crippen molar-refractivity contribution in [2.45, 2.75) is 114 Å². The molecule has 0 radical (unpaired) electrons. The summed E-state index contributed by atoms with van der Waals surface area (Å²) >= 11 is 0. The molecule has 38 heavy (non-hydrogen) atoms. The van der Waals surface area contributed by atoms with Crippen molar-refractivity contribution < 1.29 is 54.8 Å². The van der Waals surface area contributed by atoms with Crippen LogP contribution in [0.3, 0.4) is 0 Å². The fourth-order valence-corrected chi connectivity index (χ4v) is 9.25. The maximum Gasteiger partial charge on any atom is 0.335 e. The number of ether oxygens (including phenoxy) is 2. The zero-order chi connectivity index (χ0) is 27.8. The van der Waals surface area contributed by atoms with E-state index in [1.165, 1.54) is 0 Å². The van der Waals surface area contributed by atoms with Crippen LogP contribution in [0.2, 0.25) is 0 Å². The fourth-order valence-electron chi connectivity index (χ4n) is 9.25. The van der Waals surface area contributed by atoms with Crippen molar-refractivity contribution in [3.63, 3.8) is 0 Å². The molecule has 1 heterocycles. The molecule has 0 aromatic rings. The second-order valence-corrected chi connectivity index (χ2v) is 13.0. The fraction of sp³-hybridized carbons (Fsp3) is 0.926. The van der Waals surface area contributed by atoms with Crippen LogP contribution in [0.1, 0.15) is 65.2 Å². The zero-order valence-electron chi connectivity index (χ0n) is 22.0. The van der Waals surface area contributed by atoms with Crippen molar-refractivity contribution in [2.75, 3.05) is 6.61 Å². The zero-order valence-corrected chi connectivity index (χ0v) is 22.0. The lowest BCUT2D eigenvalue weighted by Crippen LogP contribution is -2.63. The molecule has 0 aromatic heterocycles. The van der Waals surface area contributed by atoms with Crippen molar-refractivity contribution >= 4 is 11.8 Å². The molecule has 0 spiro atoms. The summed E-state index contributed by atoms with van der Waals surface area (Å²) in [6, 6.07) is 0. The number of fused-ring (bicyclic) bond motifs is 5. The van der Waals surface area contributed by atoms with E-state index in [-0.39, 0.29) is 47.4 Å². The minimum Gasteiger partial charge on any atom is -0.479 e. The van der Waals surface area contributed by atoms with Gasteiger partial charge in [0, 0.05) is 17.8 Å². The second-order valence-electron chi connectivity index (χ2n) is 13.0. The molecule has 216 valence electrons. The van der Waals surface area contributed by atoms with Crippen LogP contribution in [-0.4, -0.2) is 103 Å². The number of carbonyl (C=O) groups excluding carboxylic acids is 1. The summed E-state index contributed by atoms with van der Waals surface area (Å²) in [4.78, 5) is 25.2. The van der Waals surface area contributed by atoms with E-state index in [0.29, 0.717) is 32.1 Å². The Labute approximate surface area is 221 Å². The molecule has 7 N–H and O–H groups in total. The molecule has 4 aliphatic carbocycles. The summed E-state index contributed by atoms with van der Waals surface area (Å²) in [5.74, 6) is -1.26. The summed E-state index contributed by atoms with van der Waals surface area (Å²) in [5, 5.41) is 71.3. The minimum absolute atomic E-state index is 0.0646. The minimum atomic E-state index is -1.78. The van der Waals surface area contributed by atoms with Crippen LogP contribution in [0.4, 0.5) is 0 Å². The van der Waals surface area contributed by atoms with Crippen LogP contribution in [0, 0.1) is 34.5 Å². The van der Waals surface area contributed by atoms with Crippen molar-refractivity contribution in [3.8, 4) is 0 Å². The Hall–Kier alpha value is -1.18. The maximum atomic E-state index is 13.8. The van der Waals surface area contributed by atoms with Crippen LogP contribution < -0.4 is 0 Å². The number of aliphatic hydroxyl groups is 6. The van der Waals surface area contributed by atoms with Gasteiger partial charge in [-0.1, -0.05) is 13.8 Å². The third-order valence-corrected chi connectivity index (χ3v) is 11.4. The number of aliphatic carboxylic acids is 1. The van der Waals surface area contributed by atoms with Crippen molar-refractivity contribution in [1.29, 1.82) is 0 Å². The summed E-state index contributed by atoms with van der Waals surface area (Å²) in [5.41, 5.74) is -2.58. The first-order chi connectivity index (χ1) is 17.8. The average Bonchev–Trinajstić information content (AvgIpc) is 3.14. The Morgan fingerprint density at radius 3 is 2.45 bits per heavy atom. The molecule has 0 bridgehead atoms. The number of rotatable bonds is 5. The van der Waals surface area contributed by atoms with E-state index < -0.39 is 60.4 Å². The third-order valence-electron chi connectivity index (χ3n) is 11.4. The van der Waals surface area contributed by atoms with Crippen LogP contribution in [0.25, 0.3) is 0 Å². The van der Waals surface area contributed by atoms with Gasteiger partial charge < -0.3 is 45.2 Å². The average molecular weight is 543 g/mol. The van der Waals surface area contributed by atoms with Crippen LogP contribution in [-0.2, 0) is 19.1 Å². The largest absolute Gasteiger partial charge is 0.479 e. The summed E-state index contributed by atoms with van der Waals surface area (Å²) in [6.45, 7) is 3.49. The van der Waals surface area contributed by atoms with E-state index in [9.17, 15) is 45.3 Å². The van der Waals surface area contributed by atoms with E-state index in [1.807, 2.05) is 6.92 Å². The van der Waals surface area contributed by atoms with Gasteiger partial charge >= 0.3 is 5.97 Å². The highest BCUT2D eigenvalue weighted by Gasteiger charge is 2.68. The highest BCUT2D eigenvalue weighted by atomic mass is 16.7. The molecule has 14 atom stereocenters. The van der Waals surface area contributed by atoms with Gasteiger partial charge in [0.1, 0.15) is 30.2 Å². The normalized spacial score (nSPS) is 53.5. The topological polar surface area (TPSA) is 194 Å². The summed E-state index contributed by atoms with van der Waals surface area (Å²) < 4.78 is 11.3. The number of carboxylic acid groups (broad SMARTS) is 1. The number of ketones is 1. The number of hydrogen-bond donors (Lipinski definition) is 7. The van der Waals surface area contributed by atoms with Gasteiger partial charge in [0.05, 0.1) is 18.3 Å². The molecule has 5 rings (SSSR count). The molecule has 0 unspecified atom stereocenters. The molecule has 4 saturated carbocycles. The van der Waals surface area contributed by atoms with E-state index in [2.05, 4.69) is 6.92 Å². The highest BCUT2D eigenvalue weighted by Crippen LogP contribution is 2.67. The van der Waals surface area contributed by atoms with Crippen LogP contribution in [0.5, 0.6) is 0 Å². The van der Waals surface area contributed by atoms with Gasteiger partial charge in [0.25, 0.3) is 0 Å². The molecule has 0 amide bonds. The van der Waals surface area contributed by atoms with E-state index in [0.717, 1.165) is 12.8 Å². The van der Waals surface area contributed by atoms with Gasteiger partial charge in [-0.2, -0.15) is 0 Å². The van der Waals surface area contributed by atoms with Gasteiger partial charge in [-0.05, 0) is 68.1 Å².